The molecule has 2 rings (SSSR count). The zero-order chi connectivity index (χ0) is 18.5. The van der Waals surface area contributed by atoms with Gasteiger partial charge in [-0.2, -0.15) is 0 Å². The van der Waals surface area contributed by atoms with Gasteiger partial charge < -0.3 is 9.47 Å². The number of nitrogens with one attached hydrogen (secondary N) is 1. The second-order valence-corrected chi connectivity index (χ2v) is 9.55. The van der Waals surface area contributed by atoms with Crippen LogP contribution >= 0.6 is 0 Å². The molecular weight excluding hydrogens is 368 g/mol. The van der Waals surface area contributed by atoms with E-state index in [1.54, 1.807) is 0 Å². The summed E-state index contributed by atoms with van der Waals surface area (Å²) in [6.45, 7) is 0.824. The molecule has 1 aromatic rings. The van der Waals surface area contributed by atoms with Crippen LogP contribution in [0.2, 0.25) is 0 Å². The Balaban J connectivity index is 2.02. The van der Waals surface area contributed by atoms with Crippen LogP contribution in [0.1, 0.15) is 19.3 Å². The fourth-order valence-corrected chi connectivity index (χ4v) is 5.25. The number of sulfonamides is 2. The van der Waals surface area contributed by atoms with Gasteiger partial charge in [0.1, 0.15) is 0 Å². The van der Waals surface area contributed by atoms with Crippen LogP contribution in [0.15, 0.2) is 23.1 Å². The third-order valence-corrected chi connectivity index (χ3v) is 7.36. The Morgan fingerprint density at radius 1 is 1.00 bits per heavy atom. The van der Waals surface area contributed by atoms with Gasteiger partial charge in [0, 0.05) is 25.7 Å². The molecule has 0 saturated carbocycles. The van der Waals surface area contributed by atoms with E-state index < -0.39 is 20.0 Å². The van der Waals surface area contributed by atoms with Crippen LogP contribution in [-0.2, 0) is 20.0 Å². The summed E-state index contributed by atoms with van der Waals surface area (Å²) in [6, 6.07) is 4.20. The average Bonchev–Trinajstić information content (AvgIpc) is 2.61. The summed E-state index contributed by atoms with van der Waals surface area (Å²) in [5.74, 6) is 0.430. The Morgan fingerprint density at radius 3 is 2.24 bits per heavy atom. The molecule has 0 atom stereocenters. The van der Waals surface area contributed by atoms with Gasteiger partial charge >= 0.3 is 0 Å². The van der Waals surface area contributed by atoms with E-state index in [1.807, 2.05) is 0 Å². The van der Waals surface area contributed by atoms with E-state index in [4.69, 9.17) is 9.47 Å². The predicted molar refractivity (Wildman–Crippen MR) is 93.9 cm³/mol. The third-order valence-electron chi connectivity index (χ3n) is 4.03. The first-order valence-corrected chi connectivity index (χ1v) is 11.1. The Morgan fingerprint density at radius 2 is 1.64 bits per heavy atom. The second-order valence-electron chi connectivity index (χ2n) is 5.69. The maximum Gasteiger partial charge on any atom is 0.240 e. The molecule has 1 fully saturated rings. The fourth-order valence-electron chi connectivity index (χ4n) is 2.64. The summed E-state index contributed by atoms with van der Waals surface area (Å²) in [5, 5.41) is 0. The molecule has 0 bridgehead atoms. The number of rotatable bonds is 8. The van der Waals surface area contributed by atoms with E-state index in [0.29, 0.717) is 18.8 Å². The van der Waals surface area contributed by atoms with Crippen molar-refractivity contribution in [2.24, 2.45) is 0 Å². The summed E-state index contributed by atoms with van der Waals surface area (Å²) in [4.78, 5) is -0.0134. The molecular formula is C15H24N2O6S2. The van der Waals surface area contributed by atoms with Crippen LogP contribution in [0, 0.1) is 0 Å². The quantitative estimate of drug-likeness (QED) is 0.702. The first-order chi connectivity index (χ1) is 11.8. The highest BCUT2D eigenvalue weighted by Crippen LogP contribution is 2.29. The Bertz CT molecular complexity index is 786. The third kappa shape index (κ3) is 5.06. The van der Waals surface area contributed by atoms with Crippen LogP contribution in [-0.4, -0.2) is 60.7 Å². The van der Waals surface area contributed by atoms with Crippen molar-refractivity contribution in [3.63, 3.8) is 0 Å². The number of hydrogen-bond donors (Lipinski definition) is 1. The molecule has 0 aliphatic carbocycles. The van der Waals surface area contributed by atoms with Crippen LogP contribution in [0.4, 0.5) is 0 Å². The summed E-state index contributed by atoms with van der Waals surface area (Å²) < 4.78 is 63.1. The minimum Gasteiger partial charge on any atom is -0.493 e. The summed E-state index contributed by atoms with van der Waals surface area (Å²) >= 11 is 0. The molecule has 0 unspecified atom stereocenters. The second kappa shape index (κ2) is 8.35. The SMILES string of the molecule is COc1ccc(S(=O)(=O)NCCS(=O)(=O)N2CCCCC2)cc1OC. The predicted octanol–water partition coefficient (Wildman–Crippen LogP) is 0.798. The van der Waals surface area contributed by atoms with E-state index in [9.17, 15) is 16.8 Å². The molecule has 8 nitrogen and oxygen atoms in total. The van der Waals surface area contributed by atoms with Gasteiger partial charge in [-0.15, -0.1) is 0 Å². The normalized spacial score (nSPS) is 16.6. The van der Waals surface area contributed by atoms with E-state index in [-0.39, 0.29) is 22.9 Å². The van der Waals surface area contributed by atoms with Gasteiger partial charge in [-0.1, -0.05) is 6.42 Å². The topological polar surface area (TPSA) is 102 Å². The van der Waals surface area contributed by atoms with E-state index in [0.717, 1.165) is 19.3 Å². The van der Waals surface area contributed by atoms with Crippen molar-refractivity contribution in [2.75, 3.05) is 39.6 Å². The molecule has 1 saturated heterocycles. The summed E-state index contributed by atoms with van der Waals surface area (Å²) in [5.41, 5.74) is 0. The largest absolute Gasteiger partial charge is 0.493 e. The zero-order valence-corrected chi connectivity index (χ0v) is 16.0. The number of piperidine rings is 1. The fraction of sp³-hybridized carbons (Fsp3) is 0.600. The van der Waals surface area contributed by atoms with Crippen molar-refractivity contribution in [3.05, 3.63) is 18.2 Å². The first kappa shape index (κ1) is 20.0. The smallest absolute Gasteiger partial charge is 0.240 e. The summed E-state index contributed by atoms with van der Waals surface area (Å²) in [7, 11) is -4.43. The van der Waals surface area contributed by atoms with Crippen molar-refractivity contribution in [1.29, 1.82) is 0 Å². The first-order valence-electron chi connectivity index (χ1n) is 7.99. The molecule has 0 radical (unpaired) electrons. The Labute approximate surface area is 149 Å². The highest BCUT2D eigenvalue weighted by molar-refractivity contribution is 7.90. The minimum absolute atomic E-state index is 0.0134. The monoisotopic (exact) mass is 392 g/mol. The van der Waals surface area contributed by atoms with E-state index in [2.05, 4.69) is 4.72 Å². The van der Waals surface area contributed by atoms with E-state index >= 15 is 0 Å². The Hall–Kier alpha value is -1.36. The lowest BCUT2D eigenvalue weighted by Gasteiger charge is -2.25. The molecule has 1 aliphatic heterocycles. The lowest BCUT2D eigenvalue weighted by atomic mass is 10.2. The number of nitrogens with zero attached hydrogens (tertiary/aromatic N) is 1. The van der Waals surface area contributed by atoms with Crippen molar-refractivity contribution >= 4 is 20.0 Å². The number of benzene rings is 1. The lowest BCUT2D eigenvalue weighted by molar-refractivity contribution is 0.346. The highest BCUT2D eigenvalue weighted by Gasteiger charge is 2.24. The zero-order valence-electron chi connectivity index (χ0n) is 14.4. The van der Waals surface area contributed by atoms with Crippen molar-refractivity contribution in [1.82, 2.24) is 9.03 Å². The molecule has 1 aliphatic rings. The van der Waals surface area contributed by atoms with Crippen LogP contribution in [0.25, 0.3) is 0 Å². The molecule has 10 heteroatoms. The maximum atomic E-state index is 12.3. The maximum absolute atomic E-state index is 12.3. The van der Waals surface area contributed by atoms with Crippen LogP contribution in [0.3, 0.4) is 0 Å². The average molecular weight is 392 g/mol. The van der Waals surface area contributed by atoms with Crippen LogP contribution in [0.5, 0.6) is 11.5 Å². The van der Waals surface area contributed by atoms with Gasteiger partial charge in [-0.25, -0.2) is 25.9 Å². The summed E-state index contributed by atoms with van der Waals surface area (Å²) in [6.07, 6.45) is 2.71. The Kier molecular flexibility index (Phi) is 6.66. The molecule has 0 aromatic heterocycles. The van der Waals surface area contributed by atoms with Crippen molar-refractivity contribution < 1.29 is 26.3 Å². The van der Waals surface area contributed by atoms with Gasteiger partial charge in [0.15, 0.2) is 11.5 Å². The molecule has 0 amide bonds. The van der Waals surface area contributed by atoms with Gasteiger partial charge in [-0.3, -0.25) is 0 Å². The highest BCUT2D eigenvalue weighted by atomic mass is 32.2. The van der Waals surface area contributed by atoms with Gasteiger partial charge in [-0.05, 0) is 25.0 Å². The molecule has 1 heterocycles. The minimum atomic E-state index is -3.84. The standard InChI is InChI=1S/C15H24N2O6S2/c1-22-14-7-6-13(12-15(14)23-2)25(20,21)16-8-11-24(18,19)17-9-4-3-5-10-17/h6-7,12,16H,3-5,8-11H2,1-2H3. The van der Waals surface area contributed by atoms with Gasteiger partial charge in [0.25, 0.3) is 0 Å². The van der Waals surface area contributed by atoms with Gasteiger partial charge in [0.2, 0.25) is 20.0 Å². The van der Waals surface area contributed by atoms with E-state index in [1.165, 1.54) is 36.7 Å². The molecule has 0 spiro atoms. The molecule has 1 N–H and O–H groups in total. The number of ether oxygens (including phenoxy) is 2. The van der Waals surface area contributed by atoms with Crippen molar-refractivity contribution in [2.45, 2.75) is 24.2 Å². The molecule has 25 heavy (non-hydrogen) atoms. The van der Waals surface area contributed by atoms with Crippen LogP contribution < -0.4 is 14.2 Å². The lowest BCUT2D eigenvalue weighted by Crippen LogP contribution is -2.40. The number of methoxy groups -OCH3 is 2. The number of hydrogen-bond acceptors (Lipinski definition) is 6. The molecule has 1 aromatic carbocycles. The van der Waals surface area contributed by atoms with Crippen molar-refractivity contribution in [3.8, 4) is 11.5 Å². The van der Waals surface area contributed by atoms with Gasteiger partial charge in [0.05, 0.1) is 24.9 Å². The molecule has 142 valence electrons.